The number of thiazole rings is 1. The molecule has 3 rings (SSSR count). The van der Waals surface area contributed by atoms with Crippen LogP contribution in [0.5, 0.6) is 0 Å². The maximum absolute atomic E-state index is 14.0. The Hall–Kier alpha value is -3.35. The summed E-state index contributed by atoms with van der Waals surface area (Å²) in [4.78, 5) is 60.2. The van der Waals surface area contributed by atoms with Gasteiger partial charge in [0.2, 0.25) is 11.8 Å². The lowest BCUT2D eigenvalue weighted by molar-refractivity contribution is -0.141. The molecule has 12 heteroatoms. The van der Waals surface area contributed by atoms with E-state index >= 15 is 0 Å². The normalized spacial score (nSPS) is 19.1. The van der Waals surface area contributed by atoms with Crippen LogP contribution in [-0.4, -0.2) is 93.5 Å². The molecule has 2 aromatic rings. The van der Waals surface area contributed by atoms with Crippen LogP contribution >= 0.6 is 11.3 Å². The minimum atomic E-state index is -1.03. The fourth-order valence-corrected chi connectivity index (χ4v) is 7.15. The number of carboxylic acids is 1. The molecule has 0 saturated carbocycles. The van der Waals surface area contributed by atoms with E-state index in [-0.39, 0.29) is 54.3 Å². The van der Waals surface area contributed by atoms with Crippen molar-refractivity contribution < 1.29 is 29.4 Å². The second-order valence-electron chi connectivity index (χ2n) is 13.8. The van der Waals surface area contributed by atoms with E-state index in [1.807, 2.05) is 65.1 Å². The topological polar surface area (TPSA) is 152 Å². The van der Waals surface area contributed by atoms with Crippen LogP contribution < -0.4 is 10.6 Å². The number of nitrogens with one attached hydrogen (secondary N) is 2. The Kier molecular flexibility index (Phi) is 15.0. The number of aliphatic carboxylic acids is 1. The highest BCUT2D eigenvalue weighted by atomic mass is 32.1. The van der Waals surface area contributed by atoms with Gasteiger partial charge in [0.25, 0.3) is 5.91 Å². The molecule has 1 fully saturated rings. The summed E-state index contributed by atoms with van der Waals surface area (Å²) in [6.45, 7) is 10.4. The molecule has 1 aromatic carbocycles. The van der Waals surface area contributed by atoms with Gasteiger partial charge in [-0.2, -0.15) is 0 Å². The van der Waals surface area contributed by atoms with Crippen LogP contribution in [0.25, 0.3) is 0 Å². The number of aliphatic hydroxyl groups excluding tert-OH is 1. The molecule has 2 heterocycles. The van der Waals surface area contributed by atoms with E-state index in [9.17, 15) is 29.4 Å². The van der Waals surface area contributed by atoms with Crippen molar-refractivity contribution in [1.29, 1.82) is 0 Å². The standard InChI is InChI=1S/C36H55N5O6S/c1-8-23(4)31(39-33(44)28-16-12-13-17-40(28)6)35(45)41(7)29(22(2)3)20-30(42)34-38-27(21-48-34)32(43)37-26(18-24(5)36(46)47)19-25-14-10-9-11-15-25/h9-11,14-15,21-24,26,28-31,42H,8,12-13,16-20H2,1-7H3,(H,37,43)(H,39,44)(H,46,47)/t23-,24-,26+,28+,29?,30+,31-/m0/s1. The third-order valence-corrected chi connectivity index (χ3v) is 10.6. The van der Waals surface area contributed by atoms with Crippen molar-refractivity contribution >= 4 is 35.0 Å². The highest BCUT2D eigenvalue weighted by Crippen LogP contribution is 2.28. The van der Waals surface area contributed by atoms with E-state index in [4.69, 9.17) is 0 Å². The lowest BCUT2D eigenvalue weighted by atomic mass is 9.92. The summed E-state index contributed by atoms with van der Waals surface area (Å²) in [5, 5.41) is 28.7. The summed E-state index contributed by atoms with van der Waals surface area (Å²) in [7, 11) is 3.67. The number of carbonyl (C=O) groups excluding carboxylic acids is 3. The molecule has 48 heavy (non-hydrogen) atoms. The number of aromatic nitrogens is 1. The summed E-state index contributed by atoms with van der Waals surface area (Å²) in [5.41, 5.74) is 1.12. The number of benzene rings is 1. The van der Waals surface area contributed by atoms with Crippen LogP contribution in [0, 0.1) is 17.8 Å². The average molecular weight is 686 g/mol. The summed E-state index contributed by atoms with van der Waals surface area (Å²) in [6.07, 6.45) is 3.41. The molecule has 0 radical (unpaired) electrons. The number of hydrogen-bond acceptors (Lipinski definition) is 8. The van der Waals surface area contributed by atoms with Gasteiger partial charge < -0.3 is 25.7 Å². The van der Waals surface area contributed by atoms with Crippen molar-refractivity contribution in [2.24, 2.45) is 17.8 Å². The van der Waals surface area contributed by atoms with E-state index in [1.165, 1.54) is 11.3 Å². The lowest BCUT2D eigenvalue weighted by Crippen LogP contribution is -2.58. The van der Waals surface area contributed by atoms with Crippen LogP contribution in [0.4, 0.5) is 0 Å². The van der Waals surface area contributed by atoms with Crippen molar-refractivity contribution in [2.75, 3.05) is 20.6 Å². The third kappa shape index (κ3) is 10.8. The molecule has 7 atom stereocenters. The molecule has 1 aliphatic rings. The number of hydrogen-bond donors (Lipinski definition) is 4. The predicted molar refractivity (Wildman–Crippen MR) is 188 cm³/mol. The number of rotatable bonds is 17. The first-order valence-electron chi connectivity index (χ1n) is 17.2. The Morgan fingerprint density at radius 1 is 1.06 bits per heavy atom. The molecule has 1 aromatic heterocycles. The average Bonchev–Trinajstić information content (AvgIpc) is 3.56. The maximum atomic E-state index is 14.0. The van der Waals surface area contributed by atoms with Crippen molar-refractivity contribution in [3.05, 3.63) is 52.0 Å². The fourth-order valence-electron chi connectivity index (χ4n) is 6.35. The molecule has 3 amide bonds. The Balaban J connectivity index is 1.70. The van der Waals surface area contributed by atoms with Gasteiger partial charge in [0.1, 0.15) is 22.8 Å². The molecule has 4 N–H and O–H groups in total. The number of likely N-dealkylation sites (tertiary alicyclic amines) is 1. The first-order chi connectivity index (χ1) is 22.7. The van der Waals surface area contributed by atoms with E-state index in [0.29, 0.717) is 17.8 Å². The second-order valence-corrected chi connectivity index (χ2v) is 14.7. The van der Waals surface area contributed by atoms with E-state index in [1.54, 1.807) is 24.3 Å². The first kappa shape index (κ1) is 39.1. The molecule has 0 aliphatic carbocycles. The molecule has 0 bridgehead atoms. The first-order valence-corrected chi connectivity index (χ1v) is 18.1. The van der Waals surface area contributed by atoms with Crippen LogP contribution in [-0.2, 0) is 20.8 Å². The summed E-state index contributed by atoms with van der Waals surface area (Å²) in [6, 6.07) is 7.83. The molecule has 1 aliphatic heterocycles. The number of nitrogens with zero attached hydrogens (tertiary/aromatic N) is 3. The van der Waals surface area contributed by atoms with Gasteiger partial charge >= 0.3 is 5.97 Å². The van der Waals surface area contributed by atoms with Gasteiger partial charge in [-0.3, -0.25) is 24.1 Å². The molecule has 266 valence electrons. The van der Waals surface area contributed by atoms with Gasteiger partial charge in [-0.05, 0) is 56.7 Å². The minimum absolute atomic E-state index is 0.0101. The van der Waals surface area contributed by atoms with Gasteiger partial charge in [0.15, 0.2) is 0 Å². The van der Waals surface area contributed by atoms with E-state index < -0.39 is 36.0 Å². The Morgan fingerprint density at radius 3 is 2.35 bits per heavy atom. The van der Waals surface area contributed by atoms with Gasteiger partial charge in [-0.25, -0.2) is 4.98 Å². The zero-order chi connectivity index (χ0) is 35.5. The molecular formula is C36H55N5O6S. The number of aliphatic hydroxyl groups is 1. The zero-order valence-electron chi connectivity index (χ0n) is 29.5. The Morgan fingerprint density at radius 2 is 1.75 bits per heavy atom. The lowest BCUT2D eigenvalue weighted by Gasteiger charge is -2.38. The summed E-state index contributed by atoms with van der Waals surface area (Å²) in [5.74, 6) is -2.43. The van der Waals surface area contributed by atoms with Crippen molar-refractivity contribution in [3.63, 3.8) is 0 Å². The summed E-state index contributed by atoms with van der Waals surface area (Å²) < 4.78 is 0. The Bertz CT molecular complexity index is 1350. The highest BCUT2D eigenvalue weighted by Gasteiger charge is 2.36. The number of amides is 3. The van der Waals surface area contributed by atoms with Gasteiger partial charge in [0.05, 0.1) is 12.0 Å². The van der Waals surface area contributed by atoms with Gasteiger partial charge in [0, 0.05) is 30.9 Å². The van der Waals surface area contributed by atoms with Crippen molar-refractivity contribution in [3.8, 4) is 0 Å². The number of carbonyl (C=O) groups is 4. The molecule has 1 unspecified atom stereocenters. The van der Waals surface area contributed by atoms with E-state index in [0.717, 1.165) is 31.4 Å². The largest absolute Gasteiger partial charge is 0.481 e. The van der Waals surface area contributed by atoms with Crippen LogP contribution in [0.2, 0.25) is 0 Å². The van der Waals surface area contributed by atoms with Gasteiger partial charge in [-0.1, -0.05) is 77.8 Å². The monoisotopic (exact) mass is 685 g/mol. The number of likely N-dealkylation sites (N-methyl/N-ethyl adjacent to an activating group) is 2. The van der Waals surface area contributed by atoms with E-state index in [2.05, 4.69) is 20.5 Å². The highest BCUT2D eigenvalue weighted by molar-refractivity contribution is 7.09. The SMILES string of the molecule is CC[C@H](C)[C@H](NC(=O)[C@H]1CCCCN1C)C(=O)N(C)C(C[C@@H](O)c1nc(C(=O)N[C@@H](Cc2ccccc2)C[C@H](C)C(=O)O)cs1)C(C)C. The maximum Gasteiger partial charge on any atom is 0.306 e. The van der Waals surface area contributed by atoms with Crippen molar-refractivity contribution in [2.45, 2.75) is 110 Å². The number of carboxylic acid groups (broad SMARTS) is 1. The molecule has 11 nitrogen and oxygen atoms in total. The number of piperidine rings is 1. The fraction of sp³-hybridized carbons (Fsp3) is 0.639. The van der Waals surface area contributed by atoms with Crippen LogP contribution in [0.3, 0.4) is 0 Å². The van der Waals surface area contributed by atoms with Gasteiger partial charge in [-0.15, -0.1) is 11.3 Å². The summed E-state index contributed by atoms with van der Waals surface area (Å²) >= 11 is 1.17. The second kappa shape index (κ2) is 18.4. The predicted octanol–water partition coefficient (Wildman–Crippen LogP) is 4.52. The van der Waals surface area contributed by atoms with Crippen LogP contribution in [0.1, 0.15) is 100 Å². The minimum Gasteiger partial charge on any atom is -0.481 e. The molecule has 1 saturated heterocycles. The van der Waals surface area contributed by atoms with Crippen LogP contribution in [0.15, 0.2) is 35.7 Å². The van der Waals surface area contributed by atoms with Crippen molar-refractivity contribution in [1.82, 2.24) is 25.4 Å². The Labute approximate surface area is 289 Å². The smallest absolute Gasteiger partial charge is 0.306 e. The molecular weight excluding hydrogens is 630 g/mol. The quantitative estimate of drug-likeness (QED) is 0.190. The molecule has 0 spiro atoms. The zero-order valence-corrected chi connectivity index (χ0v) is 30.3. The third-order valence-electron chi connectivity index (χ3n) is 9.69.